The number of halogens is 1. The zero-order valence-corrected chi connectivity index (χ0v) is 19.6. The molecule has 3 heterocycles. The van der Waals surface area contributed by atoms with E-state index in [2.05, 4.69) is 31.2 Å². The van der Waals surface area contributed by atoms with Crippen molar-refractivity contribution >= 4 is 41.7 Å². The second kappa shape index (κ2) is 12.2. The maximum absolute atomic E-state index is 12.1. The molecule has 0 aromatic carbocycles. The fraction of sp³-hybridized carbons (Fsp3) is 0.650. The number of likely N-dealkylation sites (tertiary alicyclic amines) is 1. The van der Waals surface area contributed by atoms with E-state index in [1.54, 1.807) is 7.05 Å². The number of anilines is 1. The molecule has 2 aliphatic heterocycles. The van der Waals surface area contributed by atoms with Crippen LogP contribution in [0.2, 0.25) is 0 Å². The standard InChI is InChI=1S/C20H31N5O3.HI/c1-3-28-19(26)17-7-5-9-25(15-17)20(21-2)23-14-16-6-4-8-22-18(16)24-10-12-27-13-11-24;/h4,6,8,17H,3,5,7,9-15H2,1-2H3,(H,21,23);1H. The number of aliphatic imine (C=N–C) groups is 1. The van der Waals surface area contributed by atoms with Gasteiger partial charge in [-0.2, -0.15) is 0 Å². The van der Waals surface area contributed by atoms with Crippen molar-refractivity contribution in [3.05, 3.63) is 23.9 Å². The Kier molecular flexibility index (Phi) is 9.92. The van der Waals surface area contributed by atoms with E-state index in [-0.39, 0.29) is 35.9 Å². The molecule has 162 valence electrons. The number of nitrogens with zero attached hydrogens (tertiary/aromatic N) is 4. The van der Waals surface area contributed by atoms with Gasteiger partial charge in [0, 0.05) is 51.5 Å². The molecule has 2 saturated heterocycles. The Morgan fingerprint density at radius 2 is 2.17 bits per heavy atom. The zero-order chi connectivity index (χ0) is 19.8. The largest absolute Gasteiger partial charge is 0.466 e. The minimum atomic E-state index is -0.107. The molecule has 8 nitrogen and oxygen atoms in total. The number of carbonyl (C=O) groups is 1. The van der Waals surface area contributed by atoms with Crippen molar-refractivity contribution in [2.24, 2.45) is 10.9 Å². The number of piperidine rings is 1. The third kappa shape index (κ3) is 6.43. The quantitative estimate of drug-likeness (QED) is 0.277. The maximum atomic E-state index is 12.1. The summed E-state index contributed by atoms with van der Waals surface area (Å²) in [5.74, 6) is 1.61. The van der Waals surface area contributed by atoms with Crippen LogP contribution in [0.1, 0.15) is 25.3 Å². The topological polar surface area (TPSA) is 79.3 Å². The lowest BCUT2D eigenvalue weighted by atomic mass is 9.98. The Hall–Kier alpha value is -1.62. The molecule has 2 fully saturated rings. The van der Waals surface area contributed by atoms with Crippen LogP contribution >= 0.6 is 24.0 Å². The van der Waals surface area contributed by atoms with Gasteiger partial charge < -0.3 is 24.6 Å². The van der Waals surface area contributed by atoms with Crippen molar-refractivity contribution in [1.29, 1.82) is 0 Å². The molecule has 29 heavy (non-hydrogen) atoms. The third-order valence-electron chi connectivity index (χ3n) is 5.17. The highest BCUT2D eigenvalue weighted by Crippen LogP contribution is 2.20. The van der Waals surface area contributed by atoms with E-state index in [0.29, 0.717) is 19.7 Å². The number of hydrogen-bond donors (Lipinski definition) is 1. The smallest absolute Gasteiger partial charge is 0.310 e. The monoisotopic (exact) mass is 517 g/mol. The highest BCUT2D eigenvalue weighted by molar-refractivity contribution is 14.0. The molecular formula is C20H32IN5O3. The van der Waals surface area contributed by atoms with Crippen LogP contribution < -0.4 is 10.2 Å². The first-order chi connectivity index (χ1) is 13.7. The van der Waals surface area contributed by atoms with Crippen molar-refractivity contribution < 1.29 is 14.3 Å². The Labute approximate surface area is 190 Å². The van der Waals surface area contributed by atoms with Crippen molar-refractivity contribution in [3.8, 4) is 0 Å². The Balaban J connectivity index is 0.00000300. The first-order valence-corrected chi connectivity index (χ1v) is 10.1. The Morgan fingerprint density at radius 1 is 1.38 bits per heavy atom. The van der Waals surface area contributed by atoms with Gasteiger partial charge in [-0.05, 0) is 25.8 Å². The molecular weight excluding hydrogens is 485 g/mol. The van der Waals surface area contributed by atoms with Crippen LogP contribution in [0, 0.1) is 5.92 Å². The van der Waals surface area contributed by atoms with Gasteiger partial charge in [-0.25, -0.2) is 4.98 Å². The molecule has 0 radical (unpaired) electrons. The van der Waals surface area contributed by atoms with Crippen molar-refractivity contribution in [1.82, 2.24) is 15.2 Å². The molecule has 0 bridgehead atoms. The average Bonchev–Trinajstić information content (AvgIpc) is 2.75. The van der Waals surface area contributed by atoms with Gasteiger partial charge in [0.05, 0.1) is 25.7 Å². The minimum Gasteiger partial charge on any atom is -0.466 e. The Bertz CT molecular complexity index is 682. The number of guanidine groups is 1. The molecule has 0 aliphatic carbocycles. The first-order valence-electron chi connectivity index (χ1n) is 10.1. The lowest BCUT2D eigenvalue weighted by molar-refractivity contribution is -0.149. The number of hydrogen-bond acceptors (Lipinski definition) is 6. The van der Waals surface area contributed by atoms with Gasteiger partial charge in [-0.3, -0.25) is 9.79 Å². The van der Waals surface area contributed by atoms with Crippen molar-refractivity contribution in [2.45, 2.75) is 26.3 Å². The average molecular weight is 517 g/mol. The number of ether oxygens (including phenoxy) is 2. The SMILES string of the molecule is CCOC(=O)C1CCCN(C(=NC)NCc2cccnc2N2CCOCC2)C1.I. The van der Waals surface area contributed by atoms with Crippen molar-refractivity contribution in [3.63, 3.8) is 0 Å². The molecule has 0 spiro atoms. The molecule has 1 aromatic rings. The summed E-state index contributed by atoms with van der Waals surface area (Å²) in [6.45, 7) is 7.60. The van der Waals surface area contributed by atoms with Gasteiger partial charge >= 0.3 is 5.97 Å². The van der Waals surface area contributed by atoms with Gasteiger partial charge in [-0.15, -0.1) is 24.0 Å². The zero-order valence-electron chi connectivity index (χ0n) is 17.3. The number of carbonyl (C=O) groups excluding carboxylic acids is 1. The molecule has 0 saturated carbocycles. The number of pyridine rings is 1. The van der Waals surface area contributed by atoms with Crippen LogP contribution in [-0.4, -0.2) is 74.9 Å². The number of morpholine rings is 1. The molecule has 3 rings (SSSR count). The number of aromatic nitrogens is 1. The molecule has 0 amide bonds. The van der Waals surface area contributed by atoms with E-state index in [1.807, 2.05) is 19.2 Å². The third-order valence-corrected chi connectivity index (χ3v) is 5.17. The second-order valence-electron chi connectivity index (χ2n) is 7.02. The summed E-state index contributed by atoms with van der Waals surface area (Å²) in [4.78, 5) is 25.6. The molecule has 1 aromatic heterocycles. The summed E-state index contributed by atoms with van der Waals surface area (Å²) in [7, 11) is 1.78. The van der Waals surface area contributed by atoms with Crippen LogP contribution in [0.15, 0.2) is 23.3 Å². The highest BCUT2D eigenvalue weighted by atomic mass is 127. The molecule has 9 heteroatoms. The molecule has 1 N–H and O–H groups in total. The van der Waals surface area contributed by atoms with Gasteiger partial charge in [0.15, 0.2) is 5.96 Å². The van der Waals surface area contributed by atoms with E-state index >= 15 is 0 Å². The fourth-order valence-corrected chi connectivity index (χ4v) is 3.76. The lowest BCUT2D eigenvalue weighted by Crippen LogP contribution is -2.48. The predicted octanol–water partition coefficient (Wildman–Crippen LogP) is 1.89. The van der Waals surface area contributed by atoms with Crippen LogP contribution in [0.4, 0.5) is 5.82 Å². The van der Waals surface area contributed by atoms with Crippen molar-refractivity contribution in [2.75, 3.05) is 57.9 Å². The predicted molar refractivity (Wildman–Crippen MR) is 124 cm³/mol. The molecule has 1 atom stereocenters. The van der Waals surface area contributed by atoms with E-state index in [9.17, 15) is 4.79 Å². The van der Waals surface area contributed by atoms with Crippen LogP contribution in [0.25, 0.3) is 0 Å². The van der Waals surface area contributed by atoms with Crippen LogP contribution in [0.3, 0.4) is 0 Å². The summed E-state index contributed by atoms with van der Waals surface area (Å²) < 4.78 is 10.7. The normalized spacial score (nSPS) is 20.1. The van der Waals surface area contributed by atoms with Crippen LogP contribution in [-0.2, 0) is 20.8 Å². The van der Waals surface area contributed by atoms with E-state index < -0.39 is 0 Å². The minimum absolute atomic E-state index is 0. The highest BCUT2D eigenvalue weighted by Gasteiger charge is 2.28. The van der Waals surface area contributed by atoms with E-state index in [0.717, 1.165) is 63.0 Å². The van der Waals surface area contributed by atoms with Gasteiger partial charge in [-0.1, -0.05) is 6.07 Å². The summed E-state index contributed by atoms with van der Waals surface area (Å²) in [5.41, 5.74) is 1.13. The number of esters is 1. The summed E-state index contributed by atoms with van der Waals surface area (Å²) >= 11 is 0. The summed E-state index contributed by atoms with van der Waals surface area (Å²) in [6, 6.07) is 4.05. The van der Waals surface area contributed by atoms with E-state index in [4.69, 9.17) is 9.47 Å². The van der Waals surface area contributed by atoms with Gasteiger partial charge in [0.25, 0.3) is 0 Å². The molecule has 2 aliphatic rings. The first kappa shape index (κ1) is 23.7. The second-order valence-corrected chi connectivity index (χ2v) is 7.02. The number of nitrogens with one attached hydrogen (secondary N) is 1. The fourth-order valence-electron chi connectivity index (χ4n) is 3.76. The van der Waals surface area contributed by atoms with Gasteiger partial charge in [0.1, 0.15) is 5.82 Å². The van der Waals surface area contributed by atoms with Gasteiger partial charge in [0.2, 0.25) is 0 Å². The summed E-state index contributed by atoms with van der Waals surface area (Å²) in [5, 5.41) is 3.45. The molecule has 1 unspecified atom stereocenters. The maximum Gasteiger partial charge on any atom is 0.310 e. The number of rotatable bonds is 5. The Morgan fingerprint density at radius 3 is 2.90 bits per heavy atom. The van der Waals surface area contributed by atoms with Crippen LogP contribution in [0.5, 0.6) is 0 Å². The lowest BCUT2D eigenvalue weighted by Gasteiger charge is -2.34. The summed E-state index contributed by atoms with van der Waals surface area (Å²) in [6.07, 6.45) is 3.66. The van der Waals surface area contributed by atoms with E-state index in [1.165, 1.54) is 0 Å².